The van der Waals surface area contributed by atoms with Crippen LogP contribution in [-0.4, -0.2) is 9.97 Å². The van der Waals surface area contributed by atoms with Crippen molar-refractivity contribution in [3.8, 4) is 0 Å². The smallest absolute Gasteiger partial charge is 0.259 e. The molecule has 0 spiro atoms. The van der Waals surface area contributed by atoms with Crippen molar-refractivity contribution in [2.45, 2.75) is 58.8 Å². The van der Waals surface area contributed by atoms with Gasteiger partial charge in [0.1, 0.15) is 10.7 Å². The summed E-state index contributed by atoms with van der Waals surface area (Å²) in [7, 11) is 0. The molecule has 1 aliphatic carbocycles. The third-order valence-corrected chi connectivity index (χ3v) is 5.52. The van der Waals surface area contributed by atoms with Crippen molar-refractivity contribution in [3.63, 3.8) is 0 Å². The molecule has 0 saturated carbocycles. The molecule has 1 N–H and O–H groups in total. The zero-order valence-corrected chi connectivity index (χ0v) is 13.1. The second-order valence-electron chi connectivity index (χ2n) is 5.80. The van der Waals surface area contributed by atoms with Gasteiger partial charge in [0, 0.05) is 11.3 Å². The molecule has 3 nitrogen and oxygen atoms in total. The molecule has 1 atom stereocenters. The maximum atomic E-state index is 12.3. The van der Waals surface area contributed by atoms with Crippen molar-refractivity contribution in [1.29, 1.82) is 0 Å². The lowest BCUT2D eigenvalue weighted by Crippen LogP contribution is -2.15. The fraction of sp³-hybridized carbons (Fsp3) is 0.625. The first-order valence-electron chi connectivity index (χ1n) is 7.76. The number of nitrogens with one attached hydrogen (secondary N) is 1. The summed E-state index contributed by atoms with van der Waals surface area (Å²) in [4.78, 5) is 22.2. The maximum absolute atomic E-state index is 12.3. The molecule has 2 heterocycles. The van der Waals surface area contributed by atoms with Crippen molar-refractivity contribution in [3.05, 3.63) is 26.6 Å². The van der Waals surface area contributed by atoms with Crippen LogP contribution in [0.5, 0.6) is 0 Å². The fourth-order valence-electron chi connectivity index (χ4n) is 3.20. The molecule has 20 heavy (non-hydrogen) atoms. The van der Waals surface area contributed by atoms with Crippen molar-refractivity contribution in [1.82, 2.24) is 9.97 Å². The zero-order chi connectivity index (χ0) is 14.1. The summed E-state index contributed by atoms with van der Waals surface area (Å²) in [5.74, 6) is 1.61. The minimum atomic E-state index is 0.0661. The largest absolute Gasteiger partial charge is 0.310 e. The number of thiophene rings is 1. The average molecular weight is 290 g/mol. The lowest BCUT2D eigenvalue weighted by molar-refractivity contribution is 0.418. The highest BCUT2D eigenvalue weighted by Gasteiger charge is 2.24. The van der Waals surface area contributed by atoms with Gasteiger partial charge in [-0.1, -0.05) is 33.1 Å². The Morgan fingerprint density at radius 2 is 2.25 bits per heavy atom. The summed E-state index contributed by atoms with van der Waals surface area (Å²) in [5.41, 5.74) is 1.35. The van der Waals surface area contributed by atoms with Crippen LogP contribution in [0.15, 0.2) is 4.79 Å². The van der Waals surface area contributed by atoms with Gasteiger partial charge in [0.05, 0.1) is 5.39 Å². The lowest BCUT2D eigenvalue weighted by Gasteiger charge is -2.21. The van der Waals surface area contributed by atoms with Gasteiger partial charge < -0.3 is 4.98 Å². The van der Waals surface area contributed by atoms with Crippen LogP contribution < -0.4 is 5.56 Å². The second kappa shape index (κ2) is 5.68. The molecule has 1 aliphatic rings. The Labute approximate surface area is 123 Å². The minimum Gasteiger partial charge on any atom is -0.310 e. The molecule has 0 saturated heterocycles. The van der Waals surface area contributed by atoms with Crippen LogP contribution in [0.1, 0.15) is 55.8 Å². The molecule has 0 amide bonds. The predicted molar refractivity (Wildman–Crippen MR) is 84.7 cm³/mol. The summed E-state index contributed by atoms with van der Waals surface area (Å²) in [6.45, 7) is 4.28. The van der Waals surface area contributed by atoms with E-state index in [4.69, 9.17) is 0 Å². The number of nitrogens with zero attached hydrogens (tertiary/aromatic N) is 1. The van der Waals surface area contributed by atoms with Gasteiger partial charge in [-0.25, -0.2) is 4.98 Å². The molecular formula is C16H22N2OS. The molecule has 0 fully saturated rings. The Morgan fingerprint density at radius 3 is 3.00 bits per heavy atom. The van der Waals surface area contributed by atoms with Gasteiger partial charge >= 0.3 is 0 Å². The van der Waals surface area contributed by atoms with E-state index in [2.05, 4.69) is 16.9 Å². The third kappa shape index (κ3) is 2.41. The summed E-state index contributed by atoms with van der Waals surface area (Å²) in [6.07, 6.45) is 8.15. The molecule has 0 aliphatic heterocycles. The molecule has 108 valence electrons. The minimum absolute atomic E-state index is 0.0661. The molecule has 0 aromatic carbocycles. The molecule has 2 aromatic rings. The van der Waals surface area contributed by atoms with E-state index in [1.54, 1.807) is 11.3 Å². The van der Waals surface area contributed by atoms with E-state index < -0.39 is 0 Å². The van der Waals surface area contributed by atoms with E-state index in [0.717, 1.165) is 41.2 Å². The summed E-state index contributed by atoms with van der Waals surface area (Å²) >= 11 is 1.75. The monoisotopic (exact) mass is 290 g/mol. The van der Waals surface area contributed by atoms with Crippen molar-refractivity contribution in [2.75, 3.05) is 0 Å². The Kier molecular flexibility index (Phi) is 3.92. The SMILES string of the molecule is CCCCC1CCc2c(sc3nc(CC)[nH]c(=O)c23)C1. The lowest BCUT2D eigenvalue weighted by atomic mass is 9.85. The van der Waals surface area contributed by atoms with Crippen LogP contribution in [0.2, 0.25) is 0 Å². The first-order chi connectivity index (χ1) is 9.72. The molecule has 4 heteroatoms. The number of unbranched alkanes of at least 4 members (excludes halogenated alkanes) is 1. The highest BCUT2D eigenvalue weighted by atomic mass is 32.1. The third-order valence-electron chi connectivity index (χ3n) is 4.37. The van der Waals surface area contributed by atoms with Crippen molar-refractivity contribution >= 4 is 21.6 Å². The first kappa shape index (κ1) is 13.8. The Hall–Kier alpha value is -1.16. The summed E-state index contributed by atoms with van der Waals surface area (Å²) in [5, 5.41) is 0.871. The molecular weight excluding hydrogens is 268 g/mol. The van der Waals surface area contributed by atoms with Crippen LogP contribution in [-0.2, 0) is 19.3 Å². The van der Waals surface area contributed by atoms with Gasteiger partial charge in [-0.15, -0.1) is 11.3 Å². The van der Waals surface area contributed by atoms with Crippen molar-refractivity contribution < 1.29 is 0 Å². The highest BCUT2D eigenvalue weighted by Crippen LogP contribution is 2.37. The standard InChI is InChI=1S/C16H22N2OS/c1-3-5-6-10-7-8-11-12(9-10)20-16-14(11)15(19)17-13(4-2)18-16/h10H,3-9H2,1-2H3,(H,17,18,19). The van der Waals surface area contributed by atoms with Crippen LogP contribution in [0.25, 0.3) is 10.2 Å². The first-order valence-corrected chi connectivity index (χ1v) is 8.58. The summed E-state index contributed by atoms with van der Waals surface area (Å²) < 4.78 is 0. The van der Waals surface area contributed by atoms with Gasteiger partial charge in [-0.05, 0) is 30.7 Å². The Morgan fingerprint density at radius 1 is 1.40 bits per heavy atom. The molecule has 0 bridgehead atoms. The van der Waals surface area contributed by atoms with Crippen LogP contribution in [0.3, 0.4) is 0 Å². The van der Waals surface area contributed by atoms with E-state index in [0.29, 0.717) is 0 Å². The molecule has 2 aromatic heterocycles. The number of hydrogen-bond acceptors (Lipinski definition) is 3. The number of aryl methyl sites for hydroxylation is 2. The van der Waals surface area contributed by atoms with Crippen LogP contribution >= 0.6 is 11.3 Å². The highest BCUT2D eigenvalue weighted by molar-refractivity contribution is 7.18. The van der Waals surface area contributed by atoms with Gasteiger partial charge in [-0.3, -0.25) is 4.79 Å². The molecule has 1 unspecified atom stereocenters. The van der Waals surface area contributed by atoms with Crippen molar-refractivity contribution in [2.24, 2.45) is 5.92 Å². The quantitative estimate of drug-likeness (QED) is 0.930. The number of aromatic nitrogens is 2. The van der Waals surface area contributed by atoms with Gasteiger partial charge in [0.2, 0.25) is 0 Å². The topological polar surface area (TPSA) is 45.8 Å². The van der Waals surface area contributed by atoms with E-state index in [-0.39, 0.29) is 5.56 Å². The Bertz CT molecular complexity index is 671. The number of fused-ring (bicyclic) bond motifs is 3. The maximum Gasteiger partial charge on any atom is 0.259 e. The van der Waals surface area contributed by atoms with E-state index in [9.17, 15) is 4.79 Å². The Balaban J connectivity index is 1.98. The number of H-pyrrole nitrogens is 1. The number of aromatic amines is 1. The normalized spacial score (nSPS) is 18.4. The van der Waals surface area contributed by atoms with Gasteiger partial charge in [0.25, 0.3) is 5.56 Å². The number of hydrogen-bond donors (Lipinski definition) is 1. The van der Waals surface area contributed by atoms with Gasteiger partial charge in [0.15, 0.2) is 0 Å². The second-order valence-corrected chi connectivity index (χ2v) is 6.88. The zero-order valence-electron chi connectivity index (χ0n) is 12.3. The van der Waals surface area contributed by atoms with E-state index >= 15 is 0 Å². The van der Waals surface area contributed by atoms with Gasteiger partial charge in [-0.2, -0.15) is 0 Å². The predicted octanol–water partition coefficient (Wildman–Crippen LogP) is 3.84. The fourth-order valence-corrected chi connectivity index (χ4v) is 4.56. The molecule has 3 rings (SSSR count). The van der Waals surface area contributed by atoms with E-state index in [1.807, 2.05) is 6.92 Å². The average Bonchev–Trinajstić information content (AvgIpc) is 2.82. The van der Waals surface area contributed by atoms with Crippen LogP contribution in [0, 0.1) is 5.92 Å². The summed E-state index contributed by atoms with van der Waals surface area (Å²) in [6, 6.07) is 0. The number of rotatable bonds is 4. The van der Waals surface area contributed by atoms with E-state index in [1.165, 1.54) is 36.1 Å². The molecule has 0 radical (unpaired) electrons. The van der Waals surface area contributed by atoms with Crippen LogP contribution in [0.4, 0.5) is 0 Å².